The Bertz CT molecular complexity index is 411. The molecule has 0 saturated heterocycles. The molecule has 0 atom stereocenters. The van der Waals surface area contributed by atoms with Crippen molar-refractivity contribution in [3.05, 3.63) is 10.5 Å². The normalized spacial score (nSPS) is 11.9. The van der Waals surface area contributed by atoms with Crippen molar-refractivity contribution in [1.82, 2.24) is 14.8 Å². The van der Waals surface area contributed by atoms with Crippen molar-refractivity contribution < 1.29 is 5.21 Å². The molecule has 0 spiro atoms. The maximum absolute atomic E-state index is 11.3. The summed E-state index contributed by atoms with van der Waals surface area (Å²) < 4.78 is 1.58. The molecule has 0 bridgehead atoms. The van der Waals surface area contributed by atoms with Crippen molar-refractivity contribution in [3.63, 3.8) is 0 Å². The highest BCUT2D eigenvalue weighted by Crippen LogP contribution is 2.14. The van der Waals surface area contributed by atoms with E-state index in [1.54, 1.807) is 4.57 Å². The highest BCUT2D eigenvalue weighted by molar-refractivity contribution is 7.99. The SMILES string of the molecule is CCCn1c(SCCC(N)=NO)n[nH]c1=O. The summed E-state index contributed by atoms with van der Waals surface area (Å²) in [5, 5.41) is 18.2. The van der Waals surface area contributed by atoms with Crippen LogP contribution in [0.5, 0.6) is 0 Å². The van der Waals surface area contributed by atoms with E-state index in [9.17, 15) is 4.79 Å². The molecule has 7 nitrogen and oxygen atoms in total. The molecule has 1 heterocycles. The van der Waals surface area contributed by atoms with Crippen LogP contribution in [0.4, 0.5) is 0 Å². The van der Waals surface area contributed by atoms with E-state index in [0.717, 1.165) is 6.42 Å². The summed E-state index contributed by atoms with van der Waals surface area (Å²) >= 11 is 1.40. The van der Waals surface area contributed by atoms with Gasteiger partial charge in [0, 0.05) is 18.7 Å². The van der Waals surface area contributed by atoms with Crippen LogP contribution in [0.1, 0.15) is 19.8 Å². The van der Waals surface area contributed by atoms with Crippen molar-refractivity contribution in [2.75, 3.05) is 5.75 Å². The van der Waals surface area contributed by atoms with Gasteiger partial charge in [0.2, 0.25) is 0 Å². The van der Waals surface area contributed by atoms with Gasteiger partial charge in [-0.25, -0.2) is 9.89 Å². The van der Waals surface area contributed by atoms with Gasteiger partial charge in [-0.15, -0.1) is 5.10 Å². The Labute approximate surface area is 96.7 Å². The first-order valence-electron chi connectivity index (χ1n) is 4.93. The summed E-state index contributed by atoms with van der Waals surface area (Å²) in [6, 6.07) is 0. The van der Waals surface area contributed by atoms with Crippen LogP contribution in [0.15, 0.2) is 15.1 Å². The standard InChI is InChI=1S/C8H15N5O2S/c1-2-4-13-7(14)10-11-8(13)16-5-3-6(9)12-15/h15H,2-5H2,1H3,(H2,9,12)(H,10,14). The van der Waals surface area contributed by atoms with Gasteiger partial charge < -0.3 is 10.9 Å². The molecule has 1 aromatic rings. The van der Waals surface area contributed by atoms with Gasteiger partial charge >= 0.3 is 5.69 Å². The second-order valence-electron chi connectivity index (χ2n) is 3.15. The first-order valence-corrected chi connectivity index (χ1v) is 5.92. The average Bonchev–Trinajstić information content (AvgIpc) is 2.62. The zero-order valence-electron chi connectivity index (χ0n) is 9.01. The average molecular weight is 245 g/mol. The smallest absolute Gasteiger partial charge is 0.343 e. The zero-order chi connectivity index (χ0) is 12.0. The van der Waals surface area contributed by atoms with E-state index in [0.29, 0.717) is 23.9 Å². The third-order valence-electron chi connectivity index (χ3n) is 1.89. The third-order valence-corrected chi connectivity index (χ3v) is 2.87. The Morgan fingerprint density at radius 2 is 2.50 bits per heavy atom. The van der Waals surface area contributed by atoms with Gasteiger partial charge in [0.1, 0.15) is 5.84 Å². The monoisotopic (exact) mass is 245 g/mol. The Hall–Kier alpha value is -1.44. The van der Waals surface area contributed by atoms with Gasteiger partial charge in [-0.05, 0) is 6.42 Å². The molecule has 16 heavy (non-hydrogen) atoms. The molecule has 0 aliphatic rings. The summed E-state index contributed by atoms with van der Waals surface area (Å²) in [5.41, 5.74) is 5.13. The summed E-state index contributed by atoms with van der Waals surface area (Å²) in [5.74, 6) is 0.789. The molecule has 1 rings (SSSR count). The molecule has 4 N–H and O–H groups in total. The van der Waals surface area contributed by atoms with Crippen molar-refractivity contribution in [3.8, 4) is 0 Å². The van der Waals surface area contributed by atoms with E-state index < -0.39 is 0 Å². The van der Waals surface area contributed by atoms with Gasteiger partial charge in [-0.1, -0.05) is 23.8 Å². The third kappa shape index (κ3) is 3.30. The minimum absolute atomic E-state index is 0.174. The molecule has 0 amide bonds. The van der Waals surface area contributed by atoms with E-state index in [1.807, 2.05) is 6.92 Å². The Morgan fingerprint density at radius 3 is 3.12 bits per heavy atom. The molecule has 0 aliphatic heterocycles. The van der Waals surface area contributed by atoms with Crippen LogP contribution in [0.2, 0.25) is 0 Å². The number of hydrogen-bond donors (Lipinski definition) is 3. The van der Waals surface area contributed by atoms with Crippen LogP contribution in [0.25, 0.3) is 0 Å². The lowest BCUT2D eigenvalue weighted by molar-refractivity contribution is 0.317. The van der Waals surface area contributed by atoms with Gasteiger partial charge in [0.15, 0.2) is 5.16 Å². The molecule has 0 fully saturated rings. The topological polar surface area (TPSA) is 109 Å². The lowest BCUT2D eigenvalue weighted by Gasteiger charge is -2.02. The van der Waals surface area contributed by atoms with Crippen LogP contribution in [0.3, 0.4) is 0 Å². The molecule has 8 heteroatoms. The minimum Gasteiger partial charge on any atom is -0.409 e. The number of nitrogens with zero attached hydrogens (tertiary/aromatic N) is 3. The molecule has 0 radical (unpaired) electrons. The van der Waals surface area contributed by atoms with Crippen molar-refractivity contribution in [2.45, 2.75) is 31.5 Å². The number of aromatic nitrogens is 3. The summed E-state index contributed by atoms with van der Waals surface area (Å²) in [6.45, 7) is 2.63. The largest absolute Gasteiger partial charge is 0.409 e. The lowest BCUT2D eigenvalue weighted by Crippen LogP contribution is -2.17. The molecule has 90 valence electrons. The Morgan fingerprint density at radius 1 is 1.75 bits per heavy atom. The highest BCUT2D eigenvalue weighted by atomic mass is 32.2. The predicted molar refractivity (Wildman–Crippen MR) is 61.9 cm³/mol. The van der Waals surface area contributed by atoms with Crippen LogP contribution < -0.4 is 11.4 Å². The number of amidine groups is 1. The quantitative estimate of drug-likeness (QED) is 0.218. The fourth-order valence-electron chi connectivity index (χ4n) is 1.13. The number of hydrogen-bond acceptors (Lipinski definition) is 5. The van der Waals surface area contributed by atoms with Gasteiger partial charge in [0.05, 0.1) is 0 Å². The minimum atomic E-state index is -0.201. The van der Waals surface area contributed by atoms with E-state index in [-0.39, 0.29) is 11.5 Å². The fourth-order valence-corrected chi connectivity index (χ4v) is 2.07. The van der Waals surface area contributed by atoms with Crippen molar-refractivity contribution in [2.24, 2.45) is 10.9 Å². The van der Waals surface area contributed by atoms with E-state index in [1.165, 1.54) is 11.8 Å². The molecule has 0 saturated carbocycles. The second kappa shape index (κ2) is 6.21. The Balaban J connectivity index is 2.57. The first kappa shape index (κ1) is 12.6. The van der Waals surface area contributed by atoms with Crippen molar-refractivity contribution >= 4 is 17.6 Å². The number of rotatable bonds is 6. The van der Waals surface area contributed by atoms with E-state index in [2.05, 4.69) is 15.4 Å². The first-order chi connectivity index (χ1) is 7.69. The van der Waals surface area contributed by atoms with Gasteiger partial charge in [-0.2, -0.15) is 0 Å². The predicted octanol–water partition coefficient (Wildman–Crippen LogP) is 0.210. The summed E-state index contributed by atoms with van der Waals surface area (Å²) in [6.07, 6.45) is 1.32. The van der Waals surface area contributed by atoms with Gasteiger partial charge in [-0.3, -0.25) is 4.57 Å². The number of nitrogens with one attached hydrogen (secondary N) is 1. The number of oxime groups is 1. The van der Waals surface area contributed by atoms with E-state index in [4.69, 9.17) is 10.9 Å². The number of H-pyrrole nitrogens is 1. The van der Waals surface area contributed by atoms with Crippen LogP contribution in [0, 0.1) is 0 Å². The lowest BCUT2D eigenvalue weighted by atomic mass is 10.5. The zero-order valence-corrected chi connectivity index (χ0v) is 9.83. The molecule has 1 aromatic heterocycles. The van der Waals surface area contributed by atoms with Crippen LogP contribution >= 0.6 is 11.8 Å². The number of thioether (sulfide) groups is 1. The van der Waals surface area contributed by atoms with Crippen LogP contribution in [-0.4, -0.2) is 31.6 Å². The molecule has 0 aliphatic carbocycles. The fraction of sp³-hybridized carbons (Fsp3) is 0.625. The number of aromatic amines is 1. The Kier molecular flexibility index (Phi) is 4.90. The van der Waals surface area contributed by atoms with Gasteiger partial charge in [0.25, 0.3) is 0 Å². The number of nitrogens with two attached hydrogens (primary N) is 1. The molecule has 0 unspecified atom stereocenters. The van der Waals surface area contributed by atoms with Crippen LogP contribution in [-0.2, 0) is 6.54 Å². The maximum atomic E-state index is 11.3. The maximum Gasteiger partial charge on any atom is 0.343 e. The molecule has 0 aromatic carbocycles. The highest BCUT2D eigenvalue weighted by Gasteiger charge is 2.07. The second-order valence-corrected chi connectivity index (χ2v) is 4.21. The van der Waals surface area contributed by atoms with E-state index >= 15 is 0 Å². The molecular weight excluding hydrogens is 230 g/mol. The molecular formula is C8H15N5O2S. The summed E-state index contributed by atoms with van der Waals surface area (Å²) in [4.78, 5) is 11.3. The van der Waals surface area contributed by atoms with Crippen molar-refractivity contribution in [1.29, 1.82) is 0 Å². The summed E-state index contributed by atoms with van der Waals surface area (Å²) in [7, 11) is 0.